The van der Waals surface area contributed by atoms with Crippen LogP contribution >= 0.6 is 15.9 Å². The second-order valence-corrected chi connectivity index (χ2v) is 7.80. The normalized spacial score (nSPS) is 12.6. The van der Waals surface area contributed by atoms with Crippen LogP contribution in [0.25, 0.3) is 0 Å². The van der Waals surface area contributed by atoms with Crippen LogP contribution in [0.15, 0.2) is 84.9 Å². The summed E-state index contributed by atoms with van der Waals surface area (Å²) < 4.78 is 11.1. The average molecular weight is 484 g/mol. The van der Waals surface area contributed by atoms with Gasteiger partial charge < -0.3 is 19.9 Å². The number of carbonyl (C=O) groups is 1. The molecule has 3 rings (SSSR count). The van der Waals surface area contributed by atoms with E-state index in [-0.39, 0.29) is 6.61 Å². The second-order valence-electron chi connectivity index (χ2n) is 7.16. The van der Waals surface area contributed by atoms with Crippen LogP contribution in [0.5, 0.6) is 5.75 Å². The minimum absolute atomic E-state index is 0.178. The monoisotopic (exact) mass is 483 g/mol. The van der Waals surface area contributed by atoms with E-state index in [0.717, 1.165) is 22.4 Å². The summed E-state index contributed by atoms with van der Waals surface area (Å²) >= 11 is 3.29. The van der Waals surface area contributed by atoms with Gasteiger partial charge in [-0.05, 0) is 35.2 Å². The summed E-state index contributed by atoms with van der Waals surface area (Å²) in [7, 11) is 0. The number of benzene rings is 3. The van der Waals surface area contributed by atoms with Gasteiger partial charge in [0.25, 0.3) is 0 Å². The first-order valence-corrected chi connectivity index (χ1v) is 11.2. The fourth-order valence-corrected chi connectivity index (χ4v) is 3.47. The van der Waals surface area contributed by atoms with Crippen LogP contribution in [0.1, 0.15) is 16.7 Å². The number of halogens is 1. The number of aliphatic hydroxyl groups is 1. The molecule has 0 heterocycles. The van der Waals surface area contributed by atoms with Crippen LogP contribution in [0.2, 0.25) is 0 Å². The highest BCUT2D eigenvalue weighted by Crippen LogP contribution is 2.16. The van der Waals surface area contributed by atoms with Gasteiger partial charge in [0.2, 0.25) is 0 Å². The Bertz CT molecular complexity index is 919. The summed E-state index contributed by atoms with van der Waals surface area (Å²) in [5.41, 5.74) is 2.98. The van der Waals surface area contributed by atoms with E-state index in [1.54, 1.807) is 0 Å². The molecular formula is C25H26BrNO4. The molecule has 0 spiro atoms. The Labute approximate surface area is 191 Å². The molecule has 2 atom stereocenters. The predicted octanol–water partition coefficient (Wildman–Crippen LogP) is 4.86. The second kappa shape index (κ2) is 12.1. The summed E-state index contributed by atoms with van der Waals surface area (Å²) in [6.45, 7) is 0.678. The number of rotatable bonds is 10. The van der Waals surface area contributed by atoms with Crippen molar-refractivity contribution in [3.8, 4) is 5.75 Å². The van der Waals surface area contributed by atoms with Crippen LogP contribution < -0.4 is 10.1 Å². The van der Waals surface area contributed by atoms with Crippen molar-refractivity contribution in [1.82, 2.24) is 5.32 Å². The van der Waals surface area contributed by atoms with E-state index < -0.39 is 18.2 Å². The molecule has 0 aliphatic rings. The highest BCUT2D eigenvalue weighted by atomic mass is 79.9. The Hall–Kier alpha value is -2.83. The van der Waals surface area contributed by atoms with Gasteiger partial charge in [-0.2, -0.15) is 0 Å². The molecule has 0 fully saturated rings. The zero-order valence-electron chi connectivity index (χ0n) is 17.1. The van der Waals surface area contributed by atoms with Gasteiger partial charge in [0.05, 0.1) is 12.1 Å². The zero-order chi connectivity index (χ0) is 21.9. The van der Waals surface area contributed by atoms with Gasteiger partial charge >= 0.3 is 6.09 Å². The molecule has 0 aliphatic carbocycles. The number of ether oxygens (including phenoxy) is 2. The molecule has 6 heteroatoms. The Balaban J connectivity index is 1.52. The van der Waals surface area contributed by atoms with Crippen LogP contribution in [-0.4, -0.2) is 28.7 Å². The third-order valence-electron chi connectivity index (χ3n) is 4.77. The third-order valence-corrected chi connectivity index (χ3v) is 5.43. The average Bonchev–Trinajstić information content (AvgIpc) is 2.82. The van der Waals surface area contributed by atoms with Crippen molar-refractivity contribution in [3.63, 3.8) is 0 Å². The van der Waals surface area contributed by atoms with Crippen molar-refractivity contribution in [2.45, 2.75) is 31.8 Å². The van der Waals surface area contributed by atoms with E-state index >= 15 is 0 Å². The van der Waals surface area contributed by atoms with Gasteiger partial charge in [-0.15, -0.1) is 0 Å². The molecular weight excluding hydrogens is 458 g/mol. The highest BCUT2D eigenvalue weighted by Gasteiger charge is 2.21. The van der Waals surface area contributed by atoms with Gasteiger partial charge in [-0.25, -0.2) is 4.79 Å². The van der Waals surface area contributed by atoms with Crippen molar-refractivity contribution in [2.75, 3.05) is 5.33 Å². The molecule has 0 radical (unpaired) electrons. The van der Waals surface area contributed by atoms with Crippen LogP contribution in [0, 0.1) is 0 Å². The molecule has 2 N–H and O–H groups in total. The van der Waals surface area contributed by atoms with Crippen molar-refractivity contribution < 1.29 is 19.4 Å². The summed E-state index contributed by atoms with van der Waals surface area (Å²) in [5.74, 6) is 0.764. The number of hydrogen-bond donors (Lipinski definition) is 2. The topological polar surface area (TPSA) is 67.8 Å². The molecule has 3 aromatic rings. The highest BCUT2D eigenvalue weighted by molar-refractivity contribution is 9.09. The summed E-state index contributed by atoms with van der Waals surface area (Å²) in [4.78, 5) is 12.2. The van der Waals surface area contributed by atoms with E-state index in [4.69, 9.17) is 9.47 Å². The maximum absolute atomic E-state index is 12.2. The number of hydrogen-bond acceptors (Lipinski definition) is 4. The maximum Gasteiger partial charge on any atom is 0.407 e. The molecule has 0 aromatic heterocycles. The molecule has 0 saturated carbocycles. The van der Waals surface area contributed by atoms with E-state index in [1.807, 2.05) is 84.9 Å². The Kier molecular flexibility index (Phi) is 8.94. The summed E-state index contributed by atoms with van der Waals surface area (Å²) in [6.07, 6.45) is -0.846. The van der Waals surface area contributed by atoms with E-state index in [0.29, 0.717) is 18.4 Å². The van der Waals surface area contributed by atoms with E-state index in [1.165, 1.54) is 0 Å². The van der Waals surface area contributed by atoms with E-state index in [9.17, 15) is 9.90 Å². The van der Waals surface area contributed by atoms with Gasteiger partial charge in [-0.1, -0.05) is 88.7 Å². The maximum atomic E-state index is 12.2. The lowest BCUT2D eigenvalue weighted by molar-refractivity contribution is 0.111. The third kappa shape index (κ3) is 7.74. The lowest BCUT2D eigenvalue weighted by atomic mass is 10.0. The fraction of sp³-hybridized carbons (Fsp3) is 0.240. The number of alkyl halides is 1. The molecule has 162 valence electrons. The van der Waals surface area contributed by atoms with Crippen LogP contribution in [0.3, 0.4) is 0 Å². The number of aliphatic hydroxyl groups excluding tert-OH is 1. The summed E-state index contributed by atoms with van der Waals surface area (Å²) in [6, 6.07) is 26.6. The number of alkyl carbamates (subject to hydrolysis) is 1. The van der Waals surface area contributed by atoms with Crippen molar-refractivity contribution in [3.05, 3.63) is 102 Å². The van der Waals surface area contributed by atoms with Crippen molar-refractivity contribution in [2.24, 2.45) is 0 Å². The lowest BCUT2D eigenvalue weighted by Gasteiger charge is -2.23. The van der Waals surface area contributed by atoms with Gasteiger partial charge in [0, 0.05) is 5.33 Å². The molecule has 0 aliphatic heterocycles. The van der Waals surface area contributed by atoms with Crippen LogP contribution in [-0.2, 0) is 24.4 Å². The zero-order valence-corrected chi connectivity index (χ0v) is 18.7. The Morgan fingerprint density at radius 3 is 2.00 bits per heavy atom. The first kappa shape index (κ1) is 22.8. The molecule has 5 nitrogen and oxygen atoms in total. The van der Waals surface area contributed by atoms with Gasteiger partial charge in [-0.3, -0.25) is 0 Å². The quantitative estimate of drug-likeness (QED) is 0.404. The molecule has 0 bridgehead atoms. The number of amides is 1. The molecule has 1 amide bonds. The van der Waals surface area contributed by atoms with E-state index in [2.05, 4.69) is 21.2 Å². The van der Waals surface area contributed by atoms with Crippen molar-refractivity contribution in [1.29, 1.82) is 0 Å². The Morgan fingerprint density at radius 2 is 1.42 bits per heavy atom. The SMILES string of the molecule is O=C(N[C@@H](Cc1ccc(OCc2ccccc2)cc1)[C@H](O)CBr)OCc1ccccc1. The molecule has 0 unspecified atom stereocenters. The van der Waals surface area contributed by atoms with Crippen LogP contribution in [0.4, 0.5) is 4.79 Å². The fourth-order valence-electron chi connectivity index (χ4n) is 3.02. The minimum Gasteiger partial charge on any atom is -0.489 e. The molecule has 31 heavy (non-hydrogen) atoms. The van der Waals surface area contributed by atoms with Crippen molar-refractivity contribution >= 4 is 22.0 Å². The van der Waals surface area contributed by atoms with Gasteiger partial charge in [0.1, 0.15) is 19.0 Å². The first-order valence-electron chi connectivity index (χ1n) is 10.1. The number of carbonyl (C=O) groups excluding carboxylic acids is 1. The smallest absolute Gasteiger partial charge is 0.407 e. The molecule has 0 saturated heterocycles. The standard InChI is InChI=1S/C25H26BrNO4/c26-16-24(28)23(27-25(29)31-18-21-9-5-2-6-10-21)15-19-11-13-22(14-12-19)30-17-20-7-3-1-4-8-20/h1-14,23-24,28H,15-18H2,(H,27,29)/t23-,24+/m0/s1. The minimum atomic E-state index is -0.752. The lowest BCUT2D eigenvalue weighted by Crippen LogP contribution is -2.45. The predicted molar refractivity (Wildman–Crippen MR) is 124 cm³/mol. The first-order chi connectivity index (χ1) is 15.1. The van der Waals surface area contributed by atoms with Gasteiger partial charge in [0.15, 0.2) is 0 Å². The molecule has 3 aromatic carbocycles. The Morgan fingerprint density at radius 1 is 0.839 bits per heavy atom. The summed E-state index contributed by atoms with van der Waals surface area (Å²) in [5, 5.41) is 13.5. The largest absolute Gasteiger partial charge is 0.489 e. The number of nitrogens with one attached hydrogen (secondary N) is 1.